The second-order valence-corrected chi connectivity index (χ2v) is 5.55. The van der Waals surface area contributed by atoms with Crippen LogP contribution in [0.5, 0.6) is 0 Å². The molecule has 1 heterocycles. The Hall–Kier alpha value is -2.17. The molecule has 2 aromatic carbocycles. The maximum atomic E-state index is 6.24. The number of nitrogens with one attached hydrogen (secondary N) is 1. The molecule has 112 valence electrons. The van der Waals surface area contributed by atoms with E-state index in [1.165, 1.54) is 11.9 Å². The highest BCUT2D eigenvalue weighted by molar-refractivity contribution is 6.32. The van der Waals surface area contributed by atoms with Gasteiger partial charge in [-0.2, -0.15) is 5.10 Å². The van der Waals surface area contributed by atoms with E-state index in [0.29, 0.717) is 5.02 Å². The Morgan fingerprint density at radius 1 is 1.18 bits per heavy atom. The molecule has 4 nitrogen and oxygen atoms in total. The first-order chi connectivity index (χ1) is 10.7. The van der Waals surface area contributed by atoms with Gasteiger partial charge in [-0.25, -0.2) is 9.67 Å². The van der Waals surface area contributed by atoms with Crippen LogP contribution in [0.2, 0.25) is 5.02 Å². The summed E-state index contributed by atoms with van der Waals surface area (Å²) in [6.45, 7) is 2.92. The minimum atomic E-state index is 0.284. The van der Waals surface area contributed by atoms with Crippen molar-refractivity contribution in [2.75, 3.05) is 0 Å². The lowest BCUT2D eigenvalue weighted by Gasteiger charge is -2.15. The van der Waals surface area contributed by atoms with Gasteiger partial charge in [0.25, 0.3) is 0 Å². The second kappa shape index (κ2) is 6.73. The molecule has 1 atom stereocenters. The van der Waals surface area contributed by atoms with Gasteiger partial charge in [0, 0.05) is 12.6 Å². The number of hydrogen-bond acceptors (Lipinski definition) is 3. The number of hydrogen-bond donors (Lipinski definition) is 1. The summed E-state index contributed by atoms with van der Waals surface area (Å²) in [6, 6.07) is 16.6. The molecule has 0 spiro atoms. The monoisotopic (exact) mass is 312 g/mol. The Morgan fingerprint density at radius 2 is 2.00 bits per heavy atom. The van der Waals surface area contributed by atoms with Crippen LogP contribution in [0, 0.1) is 0 Å². The number of nitrogens with zero attached hydrogens (tertiary/aromatic N) is 3. The van der Waals surface area contributed by atoms with Gasteiger partial charge in [0.2, 0.25) is 0 Å². The number of halogens is 1. The molecule has 0 aliphatic carbocycles. The molecule has 0 saturated carbocycles. The SMILES string of the molecule is CC(NCc1ccc(Cl)c(-n2cncn2)c1)c1ccccc1. The van der Waals surface area contributed by atoms with Crippen molar-refractivity contribution in [1.82, 2.24) is 20.1 Å². The zero-order chi connectivity index (χ0) is 15.4. The van der Waals surface area contributed by atoms with E-state index in [4.69, 9.17) is 11.6 Å². The van der Waals surface area contributed by atoms with Crippen LogP contribution >= 0.6 is 11.6 Å². The molecule has 5 heteroatoms. The average molecular weight is 313 g/mol. The van der Waals surface area contributed by atoms with Crippen LogP contribution in [0.3, 0.4) is 0 Å². The highest BCUT2D eigenvalue weighted by Gasteiger charge is 2.07. The van der Waals surface area contributed by atoms with E-state index < -0.39 is 0 Å². The molecule has 1 unspecified atom stereocenters. The summed E-state index contributed by atoms with van der Waals surface area (Å²) in [5.41, 5.74) is 3.26. The number of rotatable bonds is 5. The first-order valence-corrected chi connectivity index (χ1v) is 7.53. The predicted octanol–water partition coefficient (Wildman–Crippen LogP) is 3.77. The zero-order valence-corrected chi connectivity index (χ0v) is 13.0. The van der Waals surface area contributed by atoms with E-state index in [1.54, 1.807) is 11.0 Å². The van der Waals surface area contributed by atoms with E-state index in [0.717, 1.165) is 17.8 Å². The van der Waals surface area contributed by atoms with Crippen LogP contribution in [0.15, 0.2) is 61.2 Å². The third-order valence-electron chi connectivity index (χ3n) is 3.59. The number of benzene rings is 2. The van der Waals surface area contributed by atoms with Crippen LogP contribution in [0.1, 0.15) is 24.1 Å². The maximum Gasteiger partial charge on any atom is 0.138 e. The largest absolute Gasteiger partial charge is 0.306 e. The minimum absolute atomic E-state index is 0.284. The lowest BCUT2D eigenvalue weighted by molar-refractivity contribution is 0.574. The van der Waals surface area contributed by atoms with E-state index in [-0.39, 0.29) is 6.04 Å². The van der Waals surface area contributed by atoms with Crippen LogP contribution < -0.4 is 5.32 Å². The Labute approximate surface area is 134 Å². The topological polar surface area (TPSA) is 42.7 Å². The molecule has 1 N–H and O–H groups in total. The molecule has 0 amide bonds. The third kappa shape index (κ3) is 3.35. The van der Waals surface area contributed by atoms with Crippen molar-refractivity contribution in [2.45, 2.75) is 19.5 Å². The maximum absolute atomic E-state index is 6.24. The molecule has 22 heavy (non-hydrogen) atoms. The predicted molar refractivity (Wildman–Crippen MR) is 88.1 cm³/mol. The highest BCUT2D eigenvalue weighted by atomic mass is 35.5. The minimum Gasteiger partial charge on any atom is -0.306 e. The second-order valence-electron chi connectivity index (χ2n) is 5.14. The molecule has 0 saturated heterocycles. The Kier molecular flexibility index (Phi) is 4.51. The van der Waals surface area contributed by atoms with Gasteiger partial charge in [-0.1, -0.05) is 48.0 Å². The molecule has 3 rings (SSSR count). The fourth-order valence-corrected chi connectivity index (χ4v) is 2.51. The summed E-state index contributed by atoms with van der Waals surface area (Å²) < 4.78 is 1.67. The zero-order valence-electron chi connectivity index (χ0n) is 12.3. The normalized spacial score (nSPS) is 12.3. The molecule has 0 radical (unpaired) electrons. The molecule has 0 aliphatic heterocycles. The van der Waals surface area contributed by atoms with Crippen LogP contribution in [-0.4, -0.2) is 14.8 Å². The average Bonchev–Trinajstić information content (AvgIpc) is 3.09. The van der Waals surface area contributed by atoms with Gasteiger partial charge < -0.3 is 5.32 Å². The van der Waals surface area contributed by atoms with Gasteiger partial charge in [0.05, 0.1) is 10.7 Å². The Balaban J connectivity index is 1.72. The molecular weight excluding hydrogens is 296 g/mol. The van der Waals surface area contributed by atoms with Crippen LogP contribution in [0.25, 0.3) is 5.69 Å². The Morgan fingerprint density at radius 3 is 2.73 bits per heavy atom. The van der Waals surface area contributed by atoms with E-state index in [2.05, 4.69) is 46.6 Å². The number of aromatic nitrogens is 3. The van der Waals surface area contributed by atoms with Gasteiger partial charge in [0.15, 0.2) is 0 Å². The summed E-state index contributed by atoms with van der Waals surface area (Å²) in [5.74, 6) is 0. The van der Waals surface area contributed by atoms with Gasteiger partial charge in [-0.3, -0.25) is 0 Å². The summed E-state index contributed by atoms with van der Waals surface area (Å²) in [4.78, 5) is 3.96. The van der Waals surface area contributed by atoms with Crippen molar-refractivity contribution in [3.8, 4) is 5.69 Å². The Bertz CT molecular complexity index is 726. The molecule has 0 bridgehead atoms. The summed E-state index contributed by atoms with van der Waals surface area (Å²) in [6.07, 6.45) is 3.14. The molecule has 0 fully saturated rings. The fraction of sp³-hybridized carbons (Fsp3) is 0.176. The van der Waals surface area contributed by atoms with Gasteiger partial charge >= 0.3 is 0 Å². The summed E-state index contributed by atoms with van der Waals surface area (Å²) in [7, 11) is 0. The van der Waals surface area contributed by atoms with Crippen LogP contribution in [0.4, 0.5) is 0 Å². The quantitative estimate of drug-likeness (QED) is 0.780. The molecule has 0 aliphatic rings. The fourth-order valence-electron chi connectivity index (χ4n) is 2.31. The van der Waals surface area contributed by atoms with E-state index in [1.807, 2.05) is 24.3 Å². The highest BCUT2D eigenvalue weighted by Crippen LogP contribution is 2.21. The standard InChI is InChI=1S/C17H17ClN4/c1-13(15-5-3-2-4-6-15)20-10-14-7-8-16(18)17(9-14)22-12-19-11-21-22/h2-9,11-13,20H,10H2,1H3. The van der Waals surface area contributed by atoms with Crippen molar-refractivity contribution >= 4 is 11.6 Å². The summed E-state index contributed by atoms with van der Waals surface area (Å²) >= 11 is 6.24. The van der Waals surface area contributed by atoms with E-state index >= 15 is 0 Å². The smallest absolute Gasteiger partial charge is 0.138 e. The first kappa shape index (κ1) is 14.8. The van der Waals surface area contributed by atoms with Crippen molar-refractivity contribution in [2.24, 2.45) is 0 Å². The molecular formula is C17H17ClN4. The molecule has 1 aromatic heterocycles. The van der Waals surface area contributed by atoms with Crippen molar-refractivity contribution < 1.29 is 0 Å². The first-order valence-electron chi connectivity index (χ1n) is 7.16. The van der Waals surface area contributed by atoms with Crippen LogP contribution in [-0.2, 0) is 6.54 Å². The van der Waals surface area contributed by atoms with E-state index in [9.17, 15) is 0 Å². The lowest BCUT2D eigenvalue weighted by atomic mass is 10.1. The van der Waals surface area contributed by atoms with Gasteiger partial charge in [0.1, 0.15) is 12.7 Å². The van der Waals surface area contributed by atoms with Crippen molar-refractivity contribution in [3.05, 3.63) is 77.3 Å². The molecule has 3 aromatic rings. The van der Waals surface area contributed by atoms with Crippen molar-refractivity contribution in [1.29, 1.82) is 0 Å². The van der Waals surface area contributed by atoms with Gasteiger partial charge in [-0.05, 0) is 30.2 Å². The van der Waals surface area contributed by atoms with Crippen molar-refractivity contribution in [3.63, 3.8) is 0 Å². The summed E-state index contributed by atoms with van der Waals surface area (Å²) in [5, 5.41) is 8.31. The third-order valence-corrected chi connectivity index (χ3v) is 3.91. The lowest BCUT2D eigenvalue weighted by Crippen LogP contribution is -2.18. The van der Waals surface area contributed by atoms with Gasteiger partial charge in [-0.15, -0.1) is 0 Å².